The second-order valence-electron chi connectivity index (χ2n) is 9.02. The van der Waals surface area contributed by atoms with Gasteiger partial charge in [-0.25, -0.2) is 9.29 Å². The van der Waals surface area contributed by atoms with Crippen LogP contribution in [0.5, 0.6) is 0 Å². The van der Waals surface area contributed by atoms with E-state index < -0.39 is 50.4 Å². The van der Waals surface area contributed by atoms with E-state index in [-0.39, 0.29) is 17.9 Å². The van der Waals surface area contributed by atoms with Gasteiger partial charge in [-0.3, -0.25) is 33.9 Å². The molecular weight excluding hydrogens is 563 g/mol. The van der Waals surface area contributed by atoms with Gasteiger partial charge in [0, 0.05) is 17.8 Å². The van der Waals surface area contributed by atoms with E-state index in [1.54, 1.807) is 12.1 Å². The topological polar surface area (TPSA) is 145 Å². The molecule has 2 aromatic carbocycles. The molecule has 3 unspecified atom stereocenters. The first kappa shape index (κ1) is 25.7. The predicted molar refractivity (Wildman–Crippen MR) is 143 cm³/mol. The van der Waals surface area contributed by atoms with E-state index >= 15 is 0 Å². The van der Waals surface area contributed by atoms with Gasteiger partial charge in [0.05, 0.1) is 38.6 Å². The summed E-state index contributed by atoms with van der Waals surface area (Å²) in [6.07, 6.45) is 1.43. The number of thioether (sulfide) groups is 1. The summed E-state index contributed by atoms with van der Waals surface area (Å²) in [6.45, 7) is -0.370. The Morgan fingerprint density at radius 1 is 1.05 bits per heavy atom. The molecule has 1 fully saturated rings. The summed E-state index contributed by atoms with van der Waals surface area (Å²) in [6, 6.07) is 13.6. The monoisotopic (exact) mass is 580 g/mol. The lowest BCUT2D eigenvalue weighted by molar-refractivity contribution is -0.384. The van der Waals surface area contributed by atoms with Gasteiger partial charge in [0.25, 0.3) is 5.69 Å². The Morgan fingerprint density at radius 2 is 1.77 bits per heavy atom. The molecule has 0 spiro atoms. The van der Waals surface area contributed by atoms with Crippen molar-refractivity contribution in [3.05, 3.63) is 103 Å². The number of non-ortho nitro benzene ring substituents is 1. The standard InChI is InChI=1S/C26H17FN4O7S2/c27-13-3-5-14(6-4-13)28-18(32)12-29-25-22(40-26(29)35)19(17-2-1-11-38-17)20-21(39-25)24(34)30(23(20)33)15-7-9-16(10-8-15)31(36)37/h1-11,19-21H,12H2,(H,28,32). The molecule has 40 heavy (non-hydrogen) atoms. The van der Waals surface area contributed by atoms with Gasteiger partial charge in [-0.15, -0.1) is 0 Å². The lowest BCUT2D eigenvalue weighted by atomic mass is 9.87. The largest absolute Gasteiger partial charge is 0.469 e. The van der Waals surface area contributed by atoms with Gasteiger partial charge < -0.3 is 9.73 Å². The number of benzene rings is 2. The molecule has 0 aliphatic carbocycles. The third-order valence-corrected chi connectivity index (χ3v) is 9.25. The molecule has 0 saturated carbocycles. The molecular formula is C26H17FN4O7S2. The van der Waals surface area contributed by atoms with Crippen LogP contribution in [0.25, 0.3) is 0 Å². The van der Waals surface area contributed by atoms with Crippen molar-refractivity contribution in [2.24, 2.45) is 5.92 Å². The molecule has 11 nitrogen and oxygen atoms in total. The summed E-state index contributed by atoms with van der Waals surface area (Å²) >= 11 is 1.89. The summed E-state index contributed by atoms with van der Waals surface area (Å²) < 4.78 is 20.1. The van der Waals surface area contributed by atoms with E-state index in [4.69, 9.17) is 4.42 Å². The van der Waals surface area contributed by atoms with Gasteiger partial charge >= 0.3 is 4.87 Å². The number of nitro groups is 1. The minimum absolute atomic E-state index is 0.187. The average Bonchev–Trinajstić information content (AvgIpc) is 3.63. The zero-order valence-corrected chi connectivity index (χ0v) is 21.8. The Hall–Kier alpha value is -4.56. The maximum Gasteiger partial charge on any atom is 0.308 e. The number of halogens is 1. The number of fused-ring (bicyclic) bond motifs is 2. The number of imide groups is 1. The molecule has 4 aromatic rings. The molecule has 0 bridgehead atoms. The van der Waals surface area contributed by atoms with Gasteiger partial charge in [0.2, 0.25) is 17.7 Å². The van der Waals surface area contributed by atoms with Crippen molar-refractivity contribution < 1.29 is 28.1 Å². The van der Waals surface area contributed by atoms with Crippen LogP contribution in [0.1, 0.15) is 16.6 Å². The second-order valence-corrected chi connectivity index (χ2v) is 11.1. The molecule has 2 aliphatic rings. The van der Waals surface area contributed by atoms with E-state index in [2.05, 4.69) is 5.32 Å². The first-order chi connectivity index (χ1) is 19.2. The van der Waals surface area contributed by atoms with Gasteiger partial charge in [-0.1, -0.05) is 23.1 Å². The molecule has 3 amide bonds. The zero-order valence-electron chi connectivity index (χ0n) is 20.2. The number of amides is 3. The maximum atomic E-state index is 13.7. The Labute approximate surface area is 232 Å². The molecule has 2 aromatic heterocycles. The quantitative estimate of drug-likeness (QED) is 0.205. The lowest BCUT2D eigenvalue weighted by Gasteiger charge is -2.29. The predicted octanol–water partition coefficient (Wildman–Crippen LogP) is 3.98. The zero-order chi connectivity index (χ0) is 28.1. The number of hydrogen-bond donors (Lipinski definition) is 1. The third kappa shape index (κ3) is 4.30. The minimum Gasteiger partial charge on any atom is -0.469 e. The number of nitro benzene ring substituents is 1. The number of furan rings is 1. The molecule has 202 valence electrons. The van der Waals surface area contributed by atoms with Crippen LogP contribution in [-0.2, 0) is 20.9 Å². The van der Waals surface area contributed by atoms with E-state index in [9.17, 15) is 33.7 Å². The highest BCUT2D eigenvalue weighted by molar-refractivity contribution is 8.00. The van der Waals surface area contributed by atoms with Crippen LogP contribution in [0.4, 0.5) is 21.5 Å². The van der Waals surface area contributed by atoms with Gasteiger partial charge in [-0.05, 0) is 48.5 Å². The van der Waals surface area contributed by atoms with Crippen LogP contribution < -0.4 is 15.1 Å². The third-order valence-electron chi connectivity index (χ3n) is 6.65. The molecule has 0 radical (unpaired) electrons. The highest BCUT2D eigenvalue weighted by Gasteiger charge is 2.57. The number of nitrogens with zero attached hydrogens (tertiary/aromatic N) is 3. The molecule has 3 atom stereocenters. The van der Waals surface area contributed by atoms with Crippen LogP contribution in [0.15, 0.2) is 81.2 Å². The Kier molecular flexibility index (Phi) is 6.35. The Balaban J connectivity index is 1.36. The SMILES string of the molecule is O=C(Cn1c2c(sc1=O)C(c1ccco1)C1C(=O)N(c3ccc([N+](=O)[O-])cc3)C(=O)C1S2)Nc1ccc(F)cc1. The van der Waals surface area contributed by atoms with E-state index in [0.717, 1.165) is 28.0 Å². The molecule has 2 aliphatic heterocycles. The highest BCUT2D eigenvalue weighted by atomic mass is 32.2. The number of anilines is 2. The fourth-order valence-electron chi connectivity index (χ4n) is 4.89. The molecule has 1 saturated heterocycles. The number of aromatic nitrogens is 1. The smallest absolute Gasteiger partial charge is 0.308 e. The van der Waals surface area contributed by atoms with Crippen LogP contribution in [0, 0.1) is 21.8 Å². The van der Waals surface area contributed by atoms with Gasteiger partial charge in [0.15, 0.2) is 0 Å². The first-order valence-corrected chi connectivity index (χ1v) is 13.5. The number of carbonyl (C=O) groups excluding carboxylic acids is 3. The number of thiazole rings is 1. The molecule has 6 rings (SSSR count). The van der Waals surface area contributed by atoms with Crippen molar-refractivity contribution in [2.45, 2.75) is 22.7 Å². The van der Waals surface area contributed by atoms with Crippen LogP contribution in [0.3, 0.4) is 0 Å². The molecule has 4 heterocycles. The normalized spacial score (nSPS) is 19.8. The number of carbonyl (C=O) groups is 3. The second kappa shape index (κ2) is 9.88. The fraction of sp³-hybridized carbons (Fsp3) is 0.154. The summed E-state index contributed by atoms with van der Waals surface area (Å²) in [7, 11) is 0. The summed E-state index contributed by atoms with van der Waals surface area (Å²) in [5.41, 5.74) is 0.349. The van der Waals surface area contributed by atoms with Crippen molar-refractivity contribution in [1.29, 1.82) is 0 Å². The molecule has 1 N–H and O–H groups in total. The van der Waals surface area contributed by atoms with Crippen LogP contribution in [-0.4, -0.2) is 32.5 Å². The number of rotatable bonds is 6. The van der Waals surface area contributed by atoms with E-state index in [1.807, 2.05) is 0 Å². The van der Waals surface area contributed by atoms with Crippen LogP contribution in [0.2, 0.25) is 0 Å². The van der Waals surface area contributed by atoms with Crippen molar-refractivity contribution in [1.82, 2.24) is 4.57 Å². The van der Waals surface area contributed by atoms with E-state index in [0.29, 0.717) is 21.4 Å². The fourth-order valence-corrected chi connectivity index (χ4v) is 7.64. The van der Waals surface area contributed by atoms with E-state index in [1.165, 1.54) is 59.4 Å². The Bertz CT molecular complexity index is 1720. The number of hydrogen-bond acceptors (Lipinski definition) is 9. The highest BCUT2D eigenvalue weighted by Crippen LogP contribution is 2.54. The van der Waals surface area contributed by atoms with Crippen molar-refractivity contribution in [2.75, 3.05) is 10.2 Å². The lowest BCUT2D eigenvalue weighted by Crippen LogP contribution is -2.32. The Morgan fingerprint density at radius 3 is 2.42 bits per heavy atom. The van der Waals surface area contributed by atoms with Crippen molar-refractivity contribution in [3.63, 3.8) is 0 Å². The minimum atomic E-state index is -0.939. The average molecular weight is 581 g/mol. The van der Waals surface area contributed by atoms with Crippen molar-refractivity contribution in [3.8, 4) is 0 Å². The first-order valence-electron chi connectivity index (χ1n) is 11.8. The molecule has 14 heteroatoms. The number of nitrogens with one attached hydrogen (secondary N) is 1. The van der Waals surface area contributed by atoms with Crippen LogP contribution >= 0.6 is 23.1 Å². The summed E-state index contributed by atoms with van der Waals surface area (Å²) in [5.74, 6) is -3.36. The summed E-state index contributed by atoms with van der Waals surface area (Å²) in [5, 5.41) is 13.1. The maximum absolute atomic E-state index is 13.7. The van der Waals surface area contributed by atoms with Gasteiger partial charge in [0.1, 0.15) is 23.4 Å². The van der Waals surface area contributed by atoms with Gasteiger partial charge in [-0.2, -0.15) is 0 Å². The van der Waals surface area contributed by atoms with Crippen molar-refractivity contribution >= 4 is 57.9 Å². The summed E-state index contributed by atoms with van der Waals surface area (Å²) in [4.78, 5) is 64.8.